The Morgan fingerprint density at radius 3 is 2.88 bits per heavy atom. The molecule has 0 aliphatic carbocycles. The fraction of sp³-hybridized carbons (Fsp3) is 0.200. The lowest BCUT2D eigenvalue weighted by Crippen LogP contribution is -2.23. The fourth-order valence-corrected chi connectivity index (χ4v) is 3.38. The number of anilines is 1. The van der Waals surface area contributed by atoms with Gasteiger partial charge >= 0.3 is 0 Å². The maximum atomic E-state index is 12.8. The van der Waals surface area contributed by atoms with E-state index in [2.05, 4.69) is 10.3 Å². The van der Waals surface area contributed by atoms with Crippen molar-refractivity contribution in [2.45, 2.75) is 0 Å². The third-order valence-electron chi connectivity index (χ3n) is 3.44. The largest absolute Gasteiger partial charge is 0.395 e. The number of carbonyl (C=O) groups is 1. The summed E-state index contributed by atoms with van der Waals surface area (Å²) in [5.41, 5.74) is 0.423. The molecule has 1 saturated heterocycles. The Hall–Kier alpha value is -2.23. The highest BCUT2D eigenvalue weighted by atomic mass is 32.2. The molecule has 2 aromatic rings. The molecule has 1 amide bonds. The van der Waals surface area contributed by atoms with Gasteiger partial charge in [0, 0.05) is 19.8 Å². The zero-order valence-electron chi connectivity index (χ0n) is 12.7. The number of amides is 1. The van der Waals surface area contributed by atoms with Crippen LogP contribution < -0.4 is 10.9 Å². The summed E-state index contributed by atoms with van der Waals surface area (Å²) in [6.45, 7) is 0.136. The monoisotopic (exact) mass is 362 g/mol. The number of aromatic nitrogens is 2. The first-order valence-corrected chi connectivity index (χ1v) is 8.33. The normalized spacial score (nSPS) is 16.4. The molecule has 0 aromatic carbocycles. The molecule has 0 atom stereocenters. The van der Waals surface area contributed by atoms with Gasteiger partial charge in [-0.3, -0.25) is 18.9 Å². The second-order valence-corrected chi connectivity index (χ2v) is 6.67. The minimum absolute atomic E-state index is 0.105. The van der Waals surface area contributed by atoms with Crippen LogP contribution in [0.5, 0.6) is 0 Å². The number of thiocarbonyl (C=S) groups is 1. The SMILES string of the molecule is CN1C(=O)/C(=C\c2c(NCCO)nc3ccccn3c2=O)SC1=S. The first-order chi connectivity index (χ1) is 11.5. The quantitative estimate of drug-likeness (QED) is 0.618. The number of carbonyl (C=O) groups excluding carboxylic acids is 1. The molecule has 3 heterocycles. The van der Waals surface area contributed by atoms with Gasteiger partial charge in [0.1, 0.15) is 15.8 Å². The molecular weight excluding hydrogens is 348 g/mol. The molecule has 24 heavy (non-hydrogen) atoms. The van der Waals surface area contributed by atoms with Crippen molar-refractivity contribution in [3.63, 3.8) is 0 Å². The Morgan fingerprint density at radius 1 is 1.42 bits per heavy atom. The van der Waals surface area contributed by atoms with Crippen LogP contribution in [0, 0.1) is 0 Å². The highest BCUT2D eigenvalue weighted by molar-refractivity contribution is 8.26. The molecule has 3 rings (SSSR count). The lowest BCUT2D eigenvalue weighted by Gasteiger charge is -2.10. The molecule has 0 radical (unpaired) electrons. The zero-order chi connectivity index (χ0) is 17.3. The van der Waals surface area contributed by atoms with Crippen molar-refractivity contribution >= 4 is 51.7 Å². The topological polar surface area (TPSA) is 86.9 Å². The molecule has 0 unspecified atom stereocenters. The van der Waals surface area contributed by atoms with Gasteiger partial charge in [-0.2, -0.15) is 0 Å². The lowest BCUT2D eigenvalue weighted by molar-refractivity contribution is -0.121. The van der Waals surface area contributed by atoms with Gasteiger partial charge in [0.05, 0.1) is 17.1 Å². The Morgan fingerprint density at radius 2 is 2.21 bits per heavy atom. The number of nitrogens with zero attached hydrogens (tertiary/aromatic N) is 3. The molecule has 2 N–H and O–H groups in total. The number of hydrogen-bond donors (Lipinski definition) is 2. The van der Waals surface area contributed by atoms with Gasteiger partial charge in [0.25, 0.3) is 11.5 Å². The first-order valence-electron chi connectivity index (χ1n) is 7.10. The molecule has 0 spiro atoms. The predicted octanol–water partition coefficient (Wildman–Crippen LogP) is 0.930. The van der Waals surface area contributed by atoms with Gasteiger partial charge in [0.15, 0.2) is 0 Å². The van der Waals surface area contributed by atoms with Gasteiger partial charge in [0.2, 0.25) is 0 Å². The maximum Gasteiger partial charge on any atom is 0.267 e. The zero-order valence-corrected chi connectivity index (χ0v) is 14.4. The van der Waals surface area contributed by atoms with Crippen LogP contribution in [0.1, 0.15) is 5.56 Å². The van der Waals surface area contributed by atoms with E-state index in [9.17, 15) is 9.59 Å². The number of fused-ring (bicyclic) bond motifs is 1. The van der Waals surface area contributed by atoms with E-state index in [0.29, 0.717) is 20.7 Å². The Bertz CT molecular complexity index is 923. The Kier molecular flexibility index (Phi) is 4.65. The third kappa shape index (κ3) is 2.93. The van der Waals surface area contributed by atoms with E-state index in [-0.39, 0.29) is 30.2 Å². The number of pyridine rings is 1. The molecule has 1 aliphatic rings. The second-order valence-electron chi connectivity index (χ2n) is 5.00. The number of aliphatic hydroxyl groups is 1. The van der Waals surface area contributed by atoms with Crippen molar-refractivity contribution in [1.29, 1.82) is 0 Å². The standard InChI is InChI=1S/C15H14N4O3S2/c1-18-14(22)10(24-15(18)23)8-9-12(16-5-7-20)17-11-4-2-3-6-19(11)13(9)21/h2-4,6,8,16,20H,5,7H2,1H3/b10-8+. The minimum Gasteiger partial charge on any atom is -0.395 e. The van der Waals surface area contributed by atoms with Crippen LogP contribution >= 0.6 is 24.0 Å². The fourth-order valence-electron chi connectivity index (χ4n) is 2.22. The molecule has 0 bridgehead atoms. The number of thioether (sulfide) groups is 1. The van der Waals surface area contributed by atoms with E-state index in [1.54, 1.807) is 31.4 Å². The van der Waals surface area contributed by atoms with Gasteiger partial charge < -0.3 is 10.4 Å². The lowest BCUT2D eigenvalue weighted by atomic mass is 10.2. The Balaban J connectivity index is 2.18. The van der Waals surface area contributed by atoms with Crippen LogP contribution in [0.4, 0.5) is 5.82 Å². The van der Waals surface area contributed by atoms with Crippen molar-refractivity contribution < 1.29 is 9.90 Å². The molecule has 2 aromatic heterocycles. The van der Waals surface area contributed by atoms with Crippen LogP contribution in [0.15, 0.2) is 34.1 Å². The third-order valence-corrected chi connectivity index (χ3v) is 4.92. The summed E-state index contributed by atoms with van der Waals surface area (Å²) in [6.07, 6.45) is 3.11. The van der Waals surface area contributed by atoms with E-state index in [1.807, 2.05) is 0 Å². The van der Waals surface area contributed by atoms with Crippen LogP contribution in [-0.2, 0) is 4.79 Å². The van der Waals surface area contributed by atoms with Crippen molar-refractivity contribution in [2.75, 3.05) is 25.5 Å². The number of likely N-dealkylation sites (N-methyl/N-ethyl adjacent to an activating group) is 1. The minimum atomic E-state index is -0.303. The summed E-state index contributed by atoms with van der Waals surface area (Å²) in [5, 5.41) is 11.9. The number of nitrogens with one attached hydrogen (secondary N) is 1. The average Bonchev–Trinajstić information content (AvgIpc) is 2.83. The summed E-state index contributed by atoms with van der Waals surface area (Å²) in [6, 6.07) is 5.21. The van der Waals surface area contributed by atoms with Crippen molar-refractivity contribution in [3.05, 3.63) is 45.2 Å². The molecule has 124 valence electrons. The van der Waals surface area contributed by atoms with Crippen molar-refractivity contribution in [1.82, 2.24) is 14.3 Å². The summed E-state index contributed by atoms with van der Waals surface area (Å²) >= 11 is 6.24. The Labute approximate surface area is 147 Å². The van der Waals surface area contributed by atoms with Gasteiger partial charge in [-0.15, -0.1) is 0 Å². The molecule has 1 aliphatic heterocycles. The molecule has 9 heteroatoms. The van der Waals surface area contributed by atoms with Crippen LogP contribution in [-0.4, -0.2) is 49.8 Å². The van der Waals surface area contributed by atoms with E-state index >= 15 is 0 Å². The van der Waals surface area contributed by atoms with Crippen molar-refractivity contribution in [3.8, 4) is 0 Å². The number of rotatable bonds is 4. The van der Waals surface area contributed by atoms with Gasteiger partial charge in [-0.05, 0) is 18.2 Å². The van der Waals surface area contributed by atoms with Crippen LogP contribution in [0.3, 0.4) is 0 Å². The highest BCUT2D eigenvalue weighted by Crippen LogP contribution is 2.31. The predicted molar refractivity (Wildman–Crippen MR) is 98.0 cm³/mol. The van der Waals surface area contributed by atoms with Crippen LogP contribution in [0.25, 0.3) is 11.7 Å². The van der Waals surface area contributed by atoms with E-state index < -0.39 is 0 Å². The molecule has 1 fully saturated rings. The average molecular weight is 362 g/mol. The summed E-state index contributed by atoms with van der Waals surface area (Å²) in [4.78, 5) is 31.1. The van der Waals surface area contributed by atoms with Crippen LogP contribution in [0.2, 0.25) is 0 Å². The smallest absolute Gasteiger partial charge is 0.267 e. The molecular formula is C15H14N4O3S2. The highest BCUT2D eigenvalue weighted by Gasteiger charge is 2.29. The van der Waals surface area contributed by atoms with E-state index in [4.69, 9.17) is 17.3 Å². The maximum absolute atomic E-state index is 12.8. The molecule has 7 nitrogen and oxygen atoms in total. The van der Waals surface area contributed by atoms with E-state index in [0.717, 1.165) is 11.8 Å². The van der Waals surface area contributed by atoms with Gasteiger partial charge in [-0.25, -0.2) is 4.98 Å². The summed E-state index contributed by atoms with van der Waals surface area (Å²) in [5.74, 6) is 0.0669. The van der Waals surface area contributed by atoms with E-state index in [1.165, 1.54) is 15.4 Å². The number of aliphatic hydroxyl groups excluding tert-OH is 1. The second kappa shape index (κ2) is 6.71. The van der Waals surface area contributed by atoms with Gasteiger partial charge in [-0.1, -0.05) is 30.0 Å². The molecule has 0 saturated carbocycles. The summed E-state index contributed by atoms with van der Waals surface area (Å²) in [7, 11) is 1.59. The summed E-state index contributed by atoms with van der Waals surface area (Å²) < 4.78 is 1.84. The first kappa shape index (κ1) is 16.6. The number of hydrogen-bond acceptors (Lipinski definition) is 7. The van der Waals surface area contributed by atoms with Crippen molar-refractivity contribution in [2.24, 2.45) is 0 Å².